The summed E-state index contributed by atoms with van der Waals surface area (Å²) in [6.45, 7) is 5.57. The van der Waals surface area contributed by atoms with Gasteiger partial charge in [0.1, 0.15) is 0 Å². The Balaban J connectivity index is 0.00000256. The van der Waals surface area contributed by atoms with Crippen LogP contribution in [-0.2, 0) is 20.6 Å². The van der Waals surface area contributed by atoms with Crippen molar-refractivity contribution in [3.63, 3.8) is 0 Å². The number of aryl methyl sites for hydroxylation is 2. The quantitative estimate of drug-likeness (QED) is 0.589. The number of anilines is 1. The van der Waals surface area contributed by atoms with Crippen molar-refractivity contribution in [2.45, 2.75) is 13.0 Å². The highest BCUT2D eigenvalue weighted by Gasteiger charge is 2.18. The largest absolute Gasteiger partial charge is 0.369 e. The topological polar surface area (TPSA) is 68.3 Å². The molecule has 0 N–H and O–H groups in total. The van der Waals surface area contributed by atoms with E-state index in [2.05, 4.69) is 20.9 Å². The first-order chi connectivity index (χ1) is 14.0. The van der Waals surface area contributed by atoms with Crippen LogP contribution < -0.4 is 16.1 Å². The summed E-state index contributed by atoms with van der Waals surface area (Å²) < 4.78 is 4.41. The zero-order valence-electron chi connectivity index (χ0n) is 17.1. The summed E-state index contributed by atoms with van der Waals surface area (Å²) in [6.07, 6.45) is 2.57. The van der Waals surface area contributed by atoms with Gasteiger partial charge < -0.3 is 9.47 Å². The monoisotopic (exact) mass is 452 g/mol. The number of fused-ring (bicyclic) bond motifs is 1. The lowest BCUT2D eigenvalue weighted by Gasteiger charge is -2.36. The molecule has 0 aliphatic carbocycles. The van der Waals surface area contributed by atoms with E-state index in [9.17, 15) is 9.59 Å². The predicted octanol–water partition coefficient (Wildman–Crippen LogP) is 1.72. The molecule has 1 aliphatic heterocycles. The van der Waals surface area contributed by atoms with E-state index in [0.29, 0.717) is 17.7 Å². The van der Waals surface area contributed by atoms with Crippen LogP contribution in [0.4, 0.5) is 5.69 Å². The third kappa shape index (κ3) is 4.26. The molecule has 0 unspecified atom stereocenters. The van der Waals surface area contributed by atoms with Gasteiger partial charge in [0, 0.05) is 57.5 Å². The molecular formula is C20H26Cl2N6O2. The van der Waals surface area contributed by atoms with Crippen LogP contribution in [0.5, 0.6) is 0 Å². The molecule has 0 spiro atoms. The highest BCUT2D eigenvalue weighted by Crippen LogP contribution is 2.20. The number of benzene rings is 1. The smallest absolute Gasteiger partial charge is 0.332 e. The highest BCUT2D eigenvalue weighted by molar-refractivity contribution is 6.30. The Labute approximate surface area is 185 Å². The Bertz CT molecular complexity index is 1140. The molecule has 10 heteroatoms. The second-order valence-electron chi connectivity index (χ2n) is 7.48. The summed E-state index contributed by atoms with van der Waals surface area (Å²) in [5.74, 6) is 0. The molecule has 0 bridgehead atoms. The van der Waals surface area contributed by atoms with Crippen molar-refractivity contribution in [3.05, 3.63) is 56.5 Å². The van der Waals surface area contributed by atoms with Crippen LogP contribution in [0.25, 0.3) is 11.2 Å². The second-order valence-corrected chi connectivity index (χ2v) is 7.91. The number of hydrogen-bond donors (Lipinski definition) is 0. The van der Waals surface area contributed by atoms with Crippen LogP contribution in [0.2, 0.25) is 5.02 Å². The minimum atomic E-state index is -0.356. The molecule has 30 heavy (non-hydrogen) atoms. The lowest BCUT2D eigenvalue weighted by atomic mass is 10.2. The molecule has 3 heterocycles. The maximum absolute atomic E-state index is 12.5. The number of nitrogens with zero attached hydrogens (tertiary/aromatic N) is 6. The first-order valence-electron chi connectivity index (χ1n) is 9.79. The van der Waals surface area contributed by atoms with Gasteiger partial charge in [-0.05, 0) is 31.2 Å². The number of rotatable bonds is 5. The van der Waals surface area contributed by atoms with E-state index in [-0.39, 0.29) is 23.7 Å². The molecule has 2 aromatic heterocycles. The van der Waals surface area contributed by atoms with Crippen molar-refractivity contribution in [2.75, 3.05) is 37.6 Å². The predicted molar refractivity (Wildman–Crippen MR) is 122 cm³/mol. The summed E-state index contributed by atoms with van der Waals surface area (Å²) in [5, 5.41) is 0.765. The third-order valence-electron chi connectivity index (χ3n) is 5.64. The van der Waals surface area contributed by atoms with E-state index in [1.807, 2.05) is 22.8 Å². The van der Waals surface area contributed by atoms with Gasteiger partial charge >= 0.3 is 5.69 Å². The van der Waals surface area contributed by atoms with E-state index in [4.69, 9.17) is 11.6 Å². The number of halogens is 2. The molecule has 0 amide bonds. The molecule has 0 atom stereocenters. The average Bonchev–Trinajstić information content (AvgIpc) is 3.15. The fourth-order valence-electron chi connectivity index (χ4n) is 3.93. The second kappa shape index (κ2) is 9.24. The number of imidazole rings is 1. The van der Waals surface area contributed by atoms with Crippen LogP contribution in [0.3, 0.4) is 0 Å². The number of hydrogen-bond acceptors (Lipinski definition) is 5. The van der Waals surface area contributed by atoms with Crippen LogP contribution in [-0.4, -0.2) is 56.3 Å². The molecule has 4 rings (SSSR count). The molecule has 0 saturated carbocycles. The molecule has 1 fully saturated rings. The van der Waals surface area contributed by atoms with Gasteiger partial charge in [-0.1, -0.05) is 17.7 Å². The molecule has 1 saturated heterocycles. The fraction of sp³-hybridized carbons (Fsp3) is 0.450. The van der Waals surface area contributed by atoms with E-state index in [1.165, 1.54) is 17.3 Å². The molecule has 1 aliphatic rings. The van der Waals surface area contributed by atoms with Gasteiger partial charge in [-0.15, -0.1) is 12.4 Å². The van der Waals surface area contributed by atoms with E-state index < -0.39 is 0 Å². The molecule has 1 aromatic carbocycles. The van der Waals surface area contributed by atoms with E-state index in [0.717, 1.165) is 48.7 Å². The Morgan fingerprint density at radius 3 is 2.47 bits per heavy atom. The van der Waals surface area contributed by atoms with Crippen molar-refractivity contribution in [1.29, 1.82) is 0 Å². The van der Waals surface area contributed by atoms with Crippen molar-refractivity contribution >= 4 is 40.9 Å². The molecular weight excluding hydrogens is 427 g/mol. The lowest BCUT2D eigenvalue weighted by Crippen LogP contribution is -2.46. The highest BCUT2D eigenvalue weighted by atomic mass is 35.5. The van der Waals surface area contributed by atoms with Gasteiger partial charge in [0.25, 0.3) is 5.56 Å². The molecule has 8 nitrogen and oxygen atoms in total. The number of aromatic nitrogens is 4. The normalized spacial score (nSPS) is 14.8. The Kier molecular flexibility index (Phi) is 6.90. The minimum Gasteiger partial charge on any atom is -0.369 e. The van der Waals surface area contributed by atoms with Gasteiger partial charge in [0.05, 0.1) is 6.33 Å². The average molecular weight is 453 g/mol. The van der Waals surface area contributed by atoms with Gasteiger partial charge in [-0.2, -0.15) is 0 Å². The summed E-state index contributed by atoms with van der Waals surface area (Å²) in [5.41, 5.74) is 1.44. The first kappa shape index (κ1) is 22.4. The minimum absolute atomic E-state index is 0. The summed E-state index contributed by atoms with van der Waals surface area (Å²) in [6, 6.07) is 7.99. The van der Waals surface area contributed by atoms with Crippen LogP contribution in [0.1, 0.15) is 6.42 Å². The Morgan fingerprint density at radius 2 is 1.77 bits per heavy atom. The van der Waals surface area contributed by atoms with Crippen molar-refractivity contribution in [1.82, 2.24) is 23.6 Å². The zero-order chi connectivity index (χ0) is 20.5. The van der Waals surface area contributed by atoms with Gasteiger partial charge in [-0.25, -0.2) is 9.78 Å². The summed E-state index contributed by atoms with van der Waals surface area (Å²) >= 11 is 6.10. The Hall–Kier alpha value is -2.29. The van der Waals surface area contributed by atoms with Gasteiger partial charge in [0.2, 0.25) is 0 Å². The van der Waals surface area contributed by atoms with E-state index >= 15 is 0 Å². The van der Waals surface area contributed by atoms with Crippen LogP contribution >= 0.6 is 24.0 Å². The number of piperazine rings is 1. The maximum atomic E-state index is 12.5. The fourth-order valence-corrected chi connectivity index (χ4v) is 4.12. The lowest BCUT2D eigenvalue weighted by molar-refractivity contribution is 0.251. The maximum Gasteiger partial charge on any atom is 0.332 e. The molecule has 162 valence electrons. The van der Waals surface area contributed by atoms with Gasteiger partial charge in [0.15, 0.2) is 11.2 Å². The molecule has 3 aromatic rings. The van der Waals surface area contributed by atoms with Gasteiger partial charge in [-0.3, -0.25) is 18.8 Å². The van der Waals surface area contributed by atoms with Crippen molar-refractivity contribution in [3.8, 4) is 0 Å². The van der Waals surface area contributed by atoms with Crippen LogP contribution in [0.15, 0.2) is 40.2 Å². The molecule has 0 radical (unpaired) electrons. The van der Waals surface area contributed by atoms with E-state index in [1.54, 1.807) is 13.4 Å². The van der Waals surface area contributed by atoms with Crippen molar-refractivity contribution < 1.29 is 0 Å². The summed E-state index contributed by atoms with van der Waals surface area (Å²) in [7, 11) is 3.14. The Morgan fingerprint density at radius 1 is 1.03 bits per heavy atom. The first-order valence-corrected chi connectivity index (χ1v) is 10.2. The van der Waals surface area contributed by atoms with Crippen molar-refractivity contribution in [2.24, 2.45) is 14.1 Å². The standard InChI is InChI=1S/C20H25ClN6O2.ClH/c1-23-18-17(19(28)24(2)20(23)29)27(14-22-18)8-4-7-25-9-11-26(12-10-25)16-6-3-5-15(21)13-16;/h3,5-6,13-14H,4,7-12H2,1-2H3;1H. The van der Waals surface area contributed by atoms with Crippen LogP contribution in [0, 0.1) is 0 Å². The zero-order valence-corrected chi connectivity index (χ0v) is 18.7. The summed E-state index contributed by atoms with van der Waals surface area (Å²) in [4.78, 5) is 33.6. The third-order valence-corrected chi connectivity index (χ3v) is 5.87. The SMILES string of the molecule is Cl.Cn1c(=O)c2c(ncn2CCCN2CCN(c3cccc(Cl)c3)CC2)n(C)c1=O.